The van der Waals surface area contributed by atoms with Crippen LogP contribution in [0.4, 0.5) is 34.1 Å². The van der Waals surface area contributed by atoms with E-state index in [0.717, 1.165) is 5.69 Å². The van der Waals surface area contributed by atoms with Crippen molar-refractivity contribution in [3.63, 3.8) is 0 Å². The van der Waals surface area contributed by atoms with E-state index in [2.05, 4.69) is 242 Å². The largest absolute Gasteiger partial charge is 0.310 e. The Balaban J connectivity index is 1.01. The smallest absolute Gasteiger partial charge is 0.0467 e. The molecule has 0 atom stereocenters. The molecule has 0 aromatic heterocycles. The van der Waals surface area contributed by atoms with Crippen molar-refractivity contribution in [2.75, 3.05) is 9.80 Å². The third-order valence-electron chi connectivity index (χ3n) is 16.9. The molecule has 2 heteroatoms. The van der Waals surface area contributed by atoms with E-state index in [1.54, 1.807) is 0 Å². The van der Waals surface area contributed by atoms with Gasteiger partial charge in [-0.2, -0.15) is 0 Å². The molecule has 2 aliphatic carbocycles. The molecular weight excluding hydrogens is 821 g/mol. The third-order valence-corrected chi connectivity index (χ3v) is 16.9. The molecule has 0 saturated heterocycles. The standard InChI is InChI=1S/C66H68N2/c1-37-25-53(26-38(2)45(37)9)67(54-27-39(3)46(10)40(4)28-54)51-20-17-49(18-21-51)50-19-23-57-59-35-64-60(36-63(59)65(13,14)61(57)33-50)58-24-22-52(34-62(58)66(64,15)16)68(55-29-41(5)47(11)42(6)30-55)56-31-43(7)48(12)44(8)32-56/h17-36H,1-16H3. The van der Waals surface area contributed by atoms with Gasteiger partial charge in [0.25, 0.3) is 0 Å². The van der Waals surface area contributed by atoms with Gasteiger partial charge in [-0.3, -0.25) is 0 Å². The highest BCUT2D eigenvalue weighted by molar-refractivity contribution is 5.92. The van der Waals surface area contributed by atoms with Crippen LogP contribution in [0.2, 0.25) is 0 Å². The molecule has 0 aliphatic heterocycles. The molecule has 0 amide bonds. The Morgan fingerprint density at radius 3 is 0.897 bits per heavy atom. The van der Waals surface area contributed by atoms with Crippen LogP contribution >= 0.6 is 0 Å². The minimum Gasteiger partial charge on any atom is -0.310 e. The van der Waals surface area contributed by atoms with Crippen molar-refractivity contribution >= 4 is 34.1 Å². The summed E-state index contributed by atoms with van der Waals surface area (Å²) in [6.07, 6.45) is 0. The first-order valence-corrected chi connectivity index (χ1v) is 24.7. The van der Waals surface area contributed by atoms with Gasteiger partial charge in [0.1, 0.15) is 0 Å². The van der Waals surface area contributed by atoms with Crippen molar-refractivity contribution in [2.45, 2.75) is 122 Å². The van der Waals surface area contributed by atoms with E-state index < -0.39 is 0 Å². The zero-order valence-electron chi connectivity index (χ0n) is 43.4. The number of anilines is 6. The first-order chi connectivity index (χ1) is 32.1. The SMILES string of the molecule is Cc1cc(N(c2ccc(-c3ccc4c(c3)C(C)(C)c3cc5c(cc3-4)C(C)(C)c3cc(N(c4cc(C)c(C)c(C)c4)c4cc(C)c(C)c(C)c4)ccc3-5)cc2)c2cc(C)c(C)c(C)c2)cc(C)c1C. The summed E-state index contributed by atoms with van der Waals surface area (Å²) >= 11 is 0. The van der Waals surface area contributed by atoms with E-state index in [9.17, 15) is 0 Å². The number of fused-ring (bicyclic) bond motifs is 6. The summed E-state index contributed by atoms with van der Waals surface area (Å²) in [4.78, 5) is 4.91. The van der Waals surface area contributed by atoms with Crippen LogP contribution in [0.5, 0.6) is 0 Å². The van der Waals surface area contributed by atoms with Gasteiger partial charge in [-0.25, -0.2) is 0 Å². The van der Waals surface area contributed by atoms with Crippen molar-refractivity contribution in [1.29, 1.82) is 0 Å². The third kappa shape index (κ3) is 7.05. The van der Waals surface area contributed by atoms with Gasteiger partial charge >= 0.3 is 0 Å². The van der Waals surface area contributed by atoms with E-state index in [4.69, 9.17) is 0 Å². The summed E-state index contributed by atoms with van der Waals surface area (Å²) in [5.74, 6) is 0. The molecule has 0 N–H and O–H groups in total. The Kier molecular flexibility index (Phi) is 10.6. The molecule has 2 nitrogen and oxygen atoms in total. The first kappa shape index (κ1) is 45.2. The Morgan fingerprint density at radius 1 is 0.250 bits per heavy atom. The lowest BCUT2D eigenvalue weighted by molar-refractivity contribution is 0.652. The maximum Gasteiger partial charge on any atom is 0.0467 e. The first-order valence-electron chi connectivity index (χ1n) is 24.7. The average molecular weight is 889 g/mol. The molecule has 10 rings (SSSR count). The van der Waals surface area contributed by atoms with Crippen molar-refractivity contribution in [3.8, 4) is 33.4 Å². The van der Waals surface area contributed by atoms with Gasteiger partial charge in [-0.15, -0.1) is 0 Å². The van der Waals surface area contributed by atoms with E-state index in [1.807, 2.05) is 0 Å². The minimum atomic E-state index is -0.187. The fourth-order valence-electron chi connectivity index (χ4n) is 11.5. The molecule has 8 aromatic rings. The average Bonchev–Trinajstić information content (AvgIpc) is 3.66. The summed E-state index contributed by atoms with van der Waals surface area (Å²) in [5.41, 5.74) is 36.2. The number of hydrogen-bond donors (Lipinski definition) is 0. The topological polar surface area (TPSA) is 6.48 Å². The second-order valence-corrected chi connectivity index (χ2v) is 21.7. The van der Waals surface area contributed by atoms with Crippen LogP contribution in [0.25, 0.3) is 33.4 Å². The van der Waals surface area contributed by atoms with Gasteiger partial charge in [0.05, 0.1) is 0 Å². The molecule has 0 spiro atoms. The van der Waals surface area contributed by atoms with Crippen LogP contribution in [0.1, 0.15) is 117 Å². The molecule has 8 aromatic carbocycles. The summed E-state index contributed by atoms with van der Waals surface area (Å²) in [5, 5.41) is 0. The van der Waals surface area contributed by atoms with Gasteiger partial charge < -0.3 is 9.80 Å². The quantitative estimate of drug-likeness (QED) is 0.157. The Morgan fingerprint density at radius 2 is 0.529 bits per heavy atom. The zero-order valence-corrected chi connectivity index (χ0v) is 43.4. The Bertz CT molecular complexity index is 3200. The Hall–Kier alpha value is -6.64. The maximum atomic E-state index is 2.54. The van der Waals surface area contributed by atoms with Crippen LogP contribution in [0.15, 0.2) is 121 Å². The molecule has 342 valence electrons. The zero-order chi connectivity index (χ0) is 48.5. The van der Waals surface area contributed by atoms with Crippen LogP contribution < -0.4 is 9.80 Å². The molecule has 0 fully saturated rings. The normalized spacial score (nSPS) is 13.8. The lowest BCUT2D eigenvalue weighted by Crippen LogP contribution is -2.18. The summed E-state index contributed by atoms with van der Waals surface area (Å²) in [6, 6.07) is 47.5. The number of hydrogen-bond acceptors (Lipinski definition) is 2. The second kappa shape index (κ2) is 16.0. The lowest BCUT2D eigenvalue weighted by Gasteiger charge is -2.30. The fraction of sp³-hybridized carbons (Fsp3) is 0.273. The molecule has 0 heterocycles. The minimum absolute atomic E-state index is 0.166. The monoisotopic (exact) mass is 889 g/mol. The predicted octanol–water partition coefficient (Wildman–Crippen LogP) is 18.6. The molecule has 2 aliphatic rings. The summed E-state index contributed by atoms with van der Waals surface area (Å²) in [7, 11) is 0. The highest BCUT2D eigenvalue weighted by atomic mass is 15.1. The number of aryl methyl sites for hydroxylation is 8. The van der Waals surface area contributed by atoms with Crippen molar-refractivity contribution < 1.29 is 0 Å². The summed E-state index contributed by atoms with van der Waals surface area (Å²) < 4.78 is 0. The number of nitrogens with zero attached hydrogens (tertiary/aromatic N) is 2. The van der Waals surface area contributed by atoms with Crippen molar-refractivity contribution in [1.82, 2.24) is 0 Å². The molecule has 0 unspecified atom stereocenters. The number of benzene rings is 8. The van der Waals surface area contributed by atoms with Gasteiger partial charge in [-0.05, 0) is 296 Å². The van der Waals surface area contributed by atoms with Crippen LogP contribution in [0.3, 0.4) is 0 Å². The second-order valence-electron chi connectivity index (χ2n) is 21.7. The molecule has 0 bridgehead atoms. The van der Waals surface area contributed by atoms with E-state index >= 15 is 0 Å². The Labute approximate surface area is 407 Å². The maximum absolute atomic E-state index is 2.54. The van der Waals surface area contributed by atoms with Gasteiger partial charge in [0, 0.05) is 45.0 Å². The van der Waals surface area contributed by atoms with Crippen molar-refractivity contribution in [3.05, 3.63) is 210 Å². The lowest BCUT2D eigenvalue weighted by atomic mass is 9.79. The molecular formula is C66H68N2. The predicted molar refractivity (Wildman–Crippen MR) is 293 cm³/mol. The fourth-order valence-corrected chi connectivity index (χ4v) is 11.5. The molecule has 0 radical (unpaired) electrons. The van der Waals surface area contributed by atoms with Crippen LogP contribution in [-0.2, 0) is 10.8 Å². The van der Waals surface area contributed by atoms with Gasteiger partial charge in [0.2, 0.25) is 0 Å². The van der Waals surface area contributed by atoms with E-state index in [-0.39, 0.29) is 10.8 Å². The highest BCUT2D eigenvalue weighted by Gasteiger charge is 2.42. The highest BCUT2D eigenvalue weighted by Crippen LogP contribution is 2.57. The van der Waals surface area contributed by atoms with Gasteiger partial charge in [-0.1, -0.05) is 58.0 Å². The van der Waals surface area contributed by atoms with Crippen LogP contribution in [-0.4, -0.2) is 0 Å². The van der Waals surface area contributed by atoms with Crippen molar-refractivity contribution in [2.24, 2.45) is 0 Å². The number of rotatable bonds is 7. The van der Waals surface area contributed by atoms with E-state index in [0.29, 0.717) is 0 Å². The van der Waals surface area contributed by atoms with E-state index in [1.165, 1.54) is 151 Å². The van der Waals surface area contributed by atoms with Gasteiger partial charge in [0.15, 0.2) is 0 Å². The molecule has 0 saturated carbocycles. The van der Waals surface area contributed by atoms with Crippen LogP contribution in [0, 0.1) is 83.1 Å². The summed E-state index contributed by atoms with van der Waals surface area (Å²) in [6.45, 7) is 36.5. The molecule has 68 heavy (non-hydrogen) atoms.